The normalized spacial score (nSPS) is 21.3. The van der Waals surface area contributed by atoms with Crippen molar-refractivity contribution in [2.45, 2.75) is 83.2 Å². The molecule has 1 N–H and O–H groups in total. The second-order valence-corrected chi connectivity index (χ2v) is 5.38. The minimum Gasteiger partial charge on any atom is -0.297 e. The number of hydrogen-bond donors (Lipinski definition) is 1. The Labute approximate surface area is 100 Å². The van der Waals surface area contributed by atoms with E-state index in [1.807, 2.05) is 0 Å². The van der Waals surface area contributed by atoms with E-state index in [1.54, 1.807) is 0 Å². The molecule has 0 amide bonds. The van der Waals surface area contributed by atoms with E-state index in [-0.39, 0.29) is 5.54 Å². The first kappa shape index (κ1) is 13.5. The quantitative estimate of drug-likeness (QED) is 0.694. The zero-order chi connectivity index (χ0) is 11.9. The molecule has 2 nitrogen and oxygen atoms in total. The fraction of sp³-hybridized carbons (Fsp3) is 0.929. The van der Waals surface area contributed by atoms with Crippen molar-refractivity contribution in [3.8, 4) is 6.07 Å². The molecular formula is C14H26N2. The SMILES string of the molecule is CCCCCC(C)(C#N)NC1CCCCC1. The summed E-state index contributed by atoms with van der Waals surface area (Å²) in [5.74, 6) is 0. The van der Waals surface area contributed by atoms with Gasteiger partial charge in [0, 0.05) is 6.04 Å². The van der Waals surface area contributed by atoms with Gasteiger partial charge in [-0.05, 0) is 26.2 Å². The molecule has 92 valence electrons. The maximum atomic E-state index is 9.30. The van der Waals surface area contributed by atoms with E-state index in [9.17, 15) is 5.26 Å². The van der Waals surface area contributed by atoms with E-state index in [1.165, 1.54) is 51.4 Å². The molecule has 0 aromatic heterocycles. The summed E-state index contributed by atoms with van der Waals surface area (Å²) in [5, 5.41) is 12.9. The number of nitriles is 1. The van der Waals surface area contributed by atoms with Gasteiger partial charge < -0.3 is 0 Å². The van der Waals surface area contributed by atoms with Crippen LogP contribution in [-0.4, -0.2) is 11.6 Å². The fourth-order valence-corrected chi connectivity index (χ4v) is 2.59. The summed E-state index contributed by atoms with van der Waals surface area (Å²) in [7, 11) is 0. The topological polar surface area (TPSA) is 35.8 Å². The molecule has 1 atom stereocenters. The van der Waals surface area contributed by atoms with Gasteiger partial charge >= 0.3 is 0 Å². The number of unbranched alkanes of at least 4 members (excludes halogenated alkanes) is 2. The summed E-state index contributed by atoms with van der Waals surface area (Å²) in [6, 6.07) is 3.06. The maximum absolute atomic E-state index is 9.30. The van der Waals surface area contributed by atoms with Crippen LogP contribution in [0.1, 0.15) is 71.6 Å². The Balaban J connectivity index is 2.36. The van der Waals surface area contributed by atoms with Crippen molar-refractivity contribution in [3.63, 3.8) is 0 Å². The second-order valence-electron chi connectivity index (χ2n) is 5.38. The average molecular weight is 222 g/mol. The standard InChI is InChI=1S/C14H26N2/c1-3-4-8-11-14(2,12-15)16-13-9-6-5-7-10-13/h13,16H,3-11H2,1-2H3. The number of nitrogens with one attached hydrogen (secondary N) is 1. The van der Waals surface area contributed by atoms with Gasteiger partial charge in [0.2, 0.25) is 0 Å². The lowest BCUT2D eigenvalue weighted by molar-refractivity contribution is 0.291. The summed E-state index contributed by atoms with van der Waals surface area (Å²) >= 11 is 0. The zero-order valence-corrected chi connectivity index (χ0v) is 10.9. The molecule has 0 bridgehead atoms. The molecule has 2 heteroatoms. The van der Waals surface area contributed by atoms with Crippen LogP contribution < -0.4 is 5.32 Å². The van der Waals surface area contributed by atoms with Gasteiger partial charge in [0.05, 0.1) is 6.07 Å². The molecule has 0 aromatic carbocycles. The van der Waals surface area contributed by atoms with Crippen LogP contribution >= 0.6 is 0 Å². The zero-order valence-electron chi connectivity index (χ0n) is 10.9. The van der Waals surface area contributed by atoms with Gasteiger partial charge in [0.1, 0.15) is 5.54 Å². The number of nitrogens with zero attached hydrogens (tertiary/aromatic N) is 1. The molecule has 1 aliphatic carbocycles. The largest absolute Gasteiger partial charge is 0.297 e. The van der Waals surface area contributed by atoms with Crippen LogP contribution in [0.3, 0.4) is 0 Å². The molecule has 16 heavy (non-hydrogen) atoms. The minimum absolute atomic E-state index is 0.294. The second kappa shape index (κ2) is 6.91. The molecule has 1 rings (SSSR count). The molecule has 1 unspecified atom stereocenters. The summed E-state index contributed by atoms with van der Waals surface area (Å²) in [6.45, 7) is 4.27. The summed E-state index contributed by atoms with van der Waals surface area (Å²) in [4.78, 5) is 0. The van der Waals surface area contributed by atoms with Gasteiger partial charge in [-0.3, -0.25) is 5.32 Å². The molecule has 1 saturated carbocycles. The first-order valence-corrected chi connectivity index (χ1v) is 6.89. The third kappa shape index (κ3) is 4.53. The van der Waals surface area contributed by atoms with Crippen LogP contribution in [0.5, 0.6) is 0 Å². The van der Waals surface area contributed by atoms with Crippen LogP contribution in [0.4, 0.5) is 0 Å². The Hall–Kier alpha value is -0.550. The monoisotopic (exact) mass is 222 g/mol. The predicted octanol–water partition coefficient (Wildman–Crippen LogP) is 3.77. The number of rotatable bonds is 6. The Morgan fingerprint density at radius 1 is 1.25 bits per heavy atom. The van der Waals surface area contributed by atoms with Gasteiger partial charge in [0.15, 0.2) is 0 Å². The van der Waals surface area contributed by atoms with Crippen molar-refractivity contribution in [2.75, 3.05) is 0 Å². The third-order valence-electron chi connectivity index (χ3n) is 3.65. The van der Waals surface area contributed by atoms with Gasteiger partial charge in [0.25, 0.3) is 0 Å². The molecule has 0 aliphatic heterocycles. The Kier molecular flexibility index (Phi) is 5.84. The van der Waals surface area contributed by atoms with Crippen molar-refractivity contribution < 1.29 is 0 Å². The highest BCUT2D eigenvalue weighted by molar-refractivity contribution is 5.05. The van der Waals surface area contributed by atoms with Crippen molar-refractivity contribution >= 4 is 0 Å². The van der Waals surface area contributed by atoms with Gasteiger partial charge in [-0.1, -0.05) is 45.4 Å². The van der Waals surface area contributed by atoms with Crippen LogP contribution in [0, 0.1) is 11.3 Å². The van der Waals surface area contributed by atoms with Crippen LogP contribution in [0.2, 0.25) is 0 Å². The highest BCUT2D eigenvalue weighted by Gasteiger charge is 2.27. The van der Waals surface area contributed by atoms with Crippen molar-refractivity contribution in [2.24, 2.45) is 0 Å². The summed E-state index contributed by atoms with van der Waals surface area (Å²) in [6.07, 6.45) is 11.2. The first-order chi connectivity index (χ1) is 7.70. The van der Waals surface area contributed by atoms with Crippen molar-refractivity contribution in [1.82, 2.24) is 5.32 Å². The van der Waals surface area contributed by atoms with Crippen LogP contribution in [0.25, 0.3) is 0 Å². The molecular weight excluding hydrogens is 196 g/mol. The Morgan fingerprint density at radius 3 is 2.50 bits per heavy atom. The molecule has 0 heterocycles. The third-order valence-corrected chi connectivity index (χ3v) is 3.65. The molecule has 0 spiro atoms. The van der Waals surface area contributed by atoms with E-state index >= 15 is 0 Å². The van der Waals surface area contributed by atoms with Crippen LogP contribution in [-0.2, 0) is 0 Å². The number of hydrogen-bond acceptors (Lipinski definition) is 2. The first-order valence-electron chi connectivity index (χ1n) is 6.89. The van der Waals surface area contributed by atoms with E-state index in [2.05, 4.69) is 25.2 Å². The molecule has 0 radical (unpaired) electrons. The minimum atomic E-state index is -0.294. The van der Waals surface area contributed by atoms with Crippen LogP contribution in [0.15, 0.2) is 0 Å². The highest BCUT2D eigenvalue weighted by Crippen LogP contribution is 2.22. The molecule has 1 aliphatic rings. The van der Waals surface area contributed by atoms with Crippen molar-refractivity contribution in [3.05, 3.63) is 0 Å². The highest BCUT2D eigenvalue weighted by atomic mass is 15.0. The predicted molar refractivity (Wildman–Crippen MR) is 68.2 cm³/mol. The van der Waals surface area contributed by atoms with E-state index in [4.69, 9.17) is 0 Å². The Bertz CT molecular complexity index is 225. The summed E-state index contributed by atoms with van der Waals surface area (Å²) in [5.41, 5.74) is -0.294. The molecule has 1 fully saturated rings. The Morgan fingerprint density at radius 2 is 1.94 bits per heavy atom. The smallest absolute Gasteiger partial charge is 0.104 e. The lowest BCUT2D eigenvalue weighted by Gasteiger charge is -2.31. The van der Waals surface area contributed by atoms with Gasteiger partial charge in [-0.25, -0.2) is 0 Å². The van der Waals surface area contributed by atoms with Gasteiger partial charge in [-0.2, -0.15) is 5.26 Å². The molecule has 0 aromatic rings. The summed E-state index contributed by atoms with van der Waals surface area (Å²) < 4.78 is 0. The van der Waals surface area contributed by atoms with E-state index in [0.29, 0.717) is 6.04 Å². The lowest BCUT2D eigenvalue weighted by Crippen LogP contribution is -2.47. The van der Waals surface area contributed by atoms with Gasteiger partial charge in [-0.15, -0.1) is 0 Å². The average Bonchev–Trinajstić information content (AvgIpc) is 2.31. The van der Waals surface area contributed by atoms with Crippen molar-refractivity contribution in [1.29, 1.82) is 5.26 Å². The van der Waals surface area contributed by atoms with E-state index in [0.717, 1.165) is 6.42 Å². The fourth-order valence-electron chi connectivity index (χ4n) is 2.59. The maximum Gasteiger partial charge on any atom is 0.104 e. The lowest BCUT2D eigenvalue weighted by atomic mass is 9.90. The van der Waals surface area contributed by atoms with E-state index < -0.39 is 0 Å². The molecule has 0 saturated heterocycles.